The van der Waals surface area contributed by atoms with Crippen LogP contribution in [0.2, 0.25) is 0 Å². The van der Waals surface area contributed by atoms with E-state index in [4.69, 9.17) is 0 Å². The summed E-state index contributed by atoms with van der Waals surface area (Å²) in [7, 11) is 0. The average Bonchev–Trinajstić information content (AvgIpc) is 2.60. The Hall–Kier alpha value is -0.900. The number of Topliss-reactive ketones (excluding diaryl/α,β-unsaturated/α-hetero) is 1. The fourth-order valence-electron chi connectivity index (χ4n) is 4.11. The van der Waals surface area contributed by atoms with Crippen LogP contribution < -0.4 is 0 Å². The van der Waals surface area contributed by atoms with Crippen LogP contribution in [-0.2, 0) is 9.59 Å². The normalized spacial score (nSPS) is 21.3. The molecule has 0 aromatic rings. The molecule has 0 aliphatic carbocycles. The highest BCUT2D eigenvalue weighted by atomic mass is 16.2. The lowest BCUT2D eigenvalue weighted by Gasteiger charge is -2.35. The number of rotatable bonds is 7. The van der Waals surface area contributed by atoms with E-state index in [1.165, 1.54) is 38.5 Å². The summed E-state index contributed by atoms with van der Waals surface area (Å²) in [6.45, 7) is 12.7. The molecule has 2 saturated heterocycles. The van der Waals surface area contributed by atoms with Gasteiger partial charge in [0, 0.05) is 24.9 Å². The Labute approximate surface area is 154 Å². The van der Waals surface area contributed by atoms with E-state index in [2.05, 4.69) is 9.80 Å². The van der Waals surface area contributed by atoms with Gasteiger partial charge < -0.3 is 4.90 Å². The number of ketones is 1. The van der Waals surface area contributed by atoms with Crippen LogP contribution in [0.25, 0.3) is 0 Å². The van der Waals surface area contributed by atoms with Gasteiger partial charge in [-0.3, -0.25) is 14.5 Å². The lowest BCUT2D eigenvalue weighted by molar-refractivity contribution is -0.135. The van der Waals surface area contributed by atoms with E-state index >= 15 is 0 Å². The molecule has 4 heteroatoms. The summed E-state index contributed by atoms with van der Waals surface area (Å²) in [5, 5.41) is 0. The lowest BCUT2D eigenvalue weighted by atomic mass is 9.85. The van der Waals surface area contributed by atoms with E-state index in [1.807, 2.05) is 27.7 Å². The molecule has 2 heterocycles. The van der Waals surface area contributed by atoms with E-state index in [1.54, 1.807) is 0 Å². The number of piperidine rings is 2. The highest BCUT2D eigenvalue weighted by Crippen LogP contribution is 2.28. The van der Waals surface area contributed by atoms with Crippen molar-refractivity contribution in [3.05, 3.63) is 0 Å². The van der Waals surface area contributed by atoms with Crippen molar-refractivity contribution in [3.63, 3.8) is 0 Å². The summed E-state index contributed by atoms with van der Waals surface area (Å²) in [5.41, 5.74) is 0. The zero-order chi connectivity index (χ0) is 18.4. The average molecular weight is 351 g/mol. The number of carbonyl (C=O) groups excluding carboxylic acids is 2. The maximum atomic E-state index is 12.1. The molecular formula is C21H38N2O2. The van der Waals surface area contributed by atoms with Crippen molar-refractivity contribution in [1.82, 2.24) is 9.80 Å². The van der Waals surface area contributed by atoms with Gasteiger partial charge in [-0.1, -0.05) is 40.5 Å². The first kappa shape index (κ1) is 20.4. The second kappa shape index (κ2) is 9.70. The second-order valence-electron chi connectivity index (χ2n) is 8.84. The smallest absolute Gasteiger partial charge is 0.225 e. The van der Waals surface area contributed by atoms with Crippen LogP contribution in [0, 0.1) is 23.7 Å². The topological polar surface area (TPSA) is 40.6 Å². The monoisotopic (exact) mass is 350 g/mol. The molecule has 1 amide bonds. The van der Waals surface area contributed by atoms with Crippen molar-refractivity contribution in [2.75, 3.05) is 32.7 Å². The molecule has 2 aliphatic rings. The minimum Gasteiger partial charge on any atom is -0.342 e. The van der Waals surface area contributed by atoms with Crippen LogP contribution in [0.4, 0.5) is 0 Å². The van der Waals surface area contributed by atoms with Crippen molar-refractivity contribution in [1.29, 1.82) is 0 Å². The Balaban J connectivity index is 1.61. The van der Waals surface area contributed by atoms with E-state index in [9.17, 15) is 9.59 Å². The molecule has 144 valence electrons. The summed E-state index contributed by atoms with van der Waals surface area (Å²) in [4.78, 5) is 28.3. The molecule has 4 nitrogen and oxygen atoms in total. The van der Waals surface area contributed by atoms with Crippen molar-refractivity contribution < 1.29 is 9.59 Å². The zero-order valence-electron chi connectivity index (χ0n) is 16.8. The summed E-state index contributed by atoms with van der Waals surface area (Å²) in [6, 6.07) is 0. The Morgan fingerprint density at radius 2 is 1.28 bits per heavy atom. The zero-order valence-corrected chi connectivity index (χ0v) is 16.8. The summed E-state index contributed by atoms with van der Waals surface area (Å²) < 4.78 is 0. The van der Waals surface area contributed by atoms with Gasteiger partial charge in [-0.25, -0.2) is 0 Å². The predicted octanol–water partition coefficient (Wildman–Crippen LogP) is 3.60. The van der Waals surface area contributed by atoms with Gasteiger partial charge in [0.15, 0.2) is 0 Å². The number of hydrogen-bond acceptors (Lipinski definition) is 3. The van der Waals surface area contributed by atoms with Crippen LogP contribution in [0.3, 0.4) is 0 Å². The molecule has 2 rings (SSSR count). The van der Waals surface area contributed by atoms with E-state index in [0.29, 0.717) is 18.2 Å². The quantitative estimate of drug-likeness (QED) is 0.704. The van der Waals surface area contributed by atoms with Gasteiger partial charge in [-0.05, 0) is 50.6 Å². The molecule has 0 spiro atoms. The number of amides is 1. The third-order valence-electron chi connectivity index (χ3n) is 6.13. The minimum atomic E-state index is 0.129. The number of likely N-dealkylation sites (tertiary alicyclic amines) is 2. The maximum absolute atomic E-state index is 12.1. The first-order valence-corrected chi connectivity index (χ1v) is 10.4. The Morgan fingerprint density at radius 3 is 1.72 bits per heavy atom. The van der Waals surface area contributed by atoms with E-state index in [0.717, 1.165) is 38.0 Å². The number of carbonyl (C=O) groups is 2. The lowest BCUT2D eigenvalue weighted by Crippen LogP contribution is -2.41. The Morgan fingerprint density at radius 1 is 0.800 bits per heavy atom. The molecule has 0 N–H and O–H groups in total. The van der Waals surface area contributed by atoms with Crippen LogP contribution in [0.5, 0.6) is 0 Å². The summed E-state index contributed by atoms with van der Waals surface area (Å²) >= 11 is 0. The first-order valence-electron chi connectivity index (χ1n) is 10.4. The largest absolute Gasteiger partial charge is 0.342 e. The van der Waals surface area contributed by atoms with Crippen molar-refractivity contribution >= 4 is 11.7 Å². The highest BCUT2D eigenvalue weighted by molar-refractivity contribution is 5.82. The number of hydrogen-bond donors (Lipinski definition) is 0. The molecule has 0 aromatic heterocycles. The second-order valence-corrected chi connectivity index (χ2v) is 8.84. The minimum absolute atomic E-state index is 0.129. The van der Waals surface area contributed by atoms with E-state index < -0.39 is 0 Å². The Kier molecular flexibility index (Phi) is 7.92. The SMILES string of the molecule is CC(C)C(=O)CN1CCC(CCC2CCN(C(=O)C(C)C)CC2)CC1. The van der Waals surface area contributed by atoms with Gasteiger partial charge in [0.2, 0.25) is 5.91 Å². The molecule has 25 heavy (non-hydrogen) atoms. The van der Waals surface area contributed by atoms with Crippen LogP contribution in [-0.4, -0.2) is 54.2 Å². The van der Waals surface area contributed by atoms with Crippen LogP contribution in [0.15, 0.2) is 0 Å². The molecule has 0 saturated carbocycles. The van der Waals surface area contributed by atoms with Crippen molar-refractivity contribution in [2.24, 2.45) is 23.7 Å². The van der Waals surface area contributed by atoms with Gasteiger partial charge in [0.05, 0.1) is 6.54 Å². The molecule has 0 aromatic carbocycles. The van der Waals surface area contributed by atoms with Crippen molar-refractivity contribution in [3.8, 4) is 0 Å². The third-order valence-corrected chi connectivity index (χ3v) is 6.13. The maximum Gasteiger partial charge on any atom is 0.225 e. The van der Waals surface area contributed by atoms with Crippen LogP contribution >= 0.6 is 0 Å². The highest BCUT2D eigenvalue weighted by Gasteiger charge is 2.26. The van der Waals surface area contributed by atoms with Gasteiger partial charge in [0.25, 0.3) is 0 Å². The summed E-state index contributed by atoms with van der Waals surface area (Å²) in [6.07, 6.45) is 7.50. The van der Waals surface area contributed by atoms with E-state index in [-0.39, 0.29) is 11.8 Å². The standard InChI is InChI=1S/C21H38N2O2/c1-16(2)20(24)15-22-11-7-18(8-12-22)5-6-19-9-13-23(14-10-19)21(25)17(3)4/h16-19H,5-15H2,1-4H3. The van der Waals surface area contributed by atoms with Gasteiger partial charge in [0.1, 0.15) is 5.78 Å². The fourth-order valence-corrected chi connectivity index (χ4v) is 4.11. The predicted molar refractivity (Wildman–Crippen MR) is 102 cm³/mol. The molecule has 2 aliphatic heterocycles. The third kappa shape index (κ3) is 6.40. The molecule has 0 radical (unpaired) electrons. The molecule has 0 bridgehead atoms. The van der Waals surface area contributed by atoms with Gasteiger partial charge >= 0.3 is 0 Å². The Bertz CT molecular complexity index is 431. The van der Waals surface area contributed by atoms with Gasteiger partial charge in [-0.2, -0.15) is 0 Å². The fraction of sp³-hybridized carbons (Fsp3) is 0.905. The molecular weight excluding hydrogens is 312 g/mol. The van der Waals surface area contributed by atoms with Crippen LogP contribution in [0.1, 0.15) is 66.2 Å². The molecule has 0 unspecified atom stereocenters. The molecule has 0 atom stereocenters. The first-order chi connectivity index (χ1) is 11.9. The van der Waals surface area contributed by atoms with Gasteiger partial charge in [-0.15, -0.1) is 0 Å². The van der Waals surface area contributed by atoms with Crippen molar-refractivity contribution in [2.45, 2.75) is 66.2 Å². The number of nitrogens with zero attached hydrogens (tertiary/aromatic N) is 2. The summed E-state index contributed by atoms with van der Waals surface area (Å²) in [5.74, 6) is 2.62. The molecule has 2 fully saturated rings.